The number of H-pyrrole nitrogens is 1. The summed E-state index contributed by atoms with van der Waals surface area (Å²) in [4.78, 5) is 54.6. The fourth-order valence-corrected chi connectivity index (χ4v) is 26.2. The molecule has 11 aliphatic rings. The van der Waals surface area contributed by atoms with Gasteiger partial charge in [-0.2, -0.15) is 0 Å². The van der Waals surface area contributed by atoms with Gasteiger partial charge in [-0.05, 0) is 190 Å². The third kappa shape index (κ3) is 11.3. The van der Waals surface area contributed by atoms with E-state index in [0.717, 1.165) is 36.0 Å². The molecule has 0 unspecified atom stereocenters. The monoisotopic (exact) mass is 1370 g/mol. The number of nitrogens with one attached hydrogen (secondary N) is 3. The van der Waals surface area contributed by atoms with Gasteiger partial charge in [0.1, 0.15) is 17.9 Å². The molecule has 25 atom stereocenters. The Bertz CT molecular complexity index is 3610. The molecular weight excluding hydrogens is 1270 g/mol. The number of fused-ring (bicyclic) bond motifs is 10. The number of benzene rings is 2. The van der Waals surface area contributed by atoms with E-state index in [4.69, 9.17) is 15.5 Å². The second kappa shape index (κ2) is 26.3. The van der Waals surface area contributed by atoms with E-state index in [-0.39, 0.29) is 105 Å². The van der Waals surface area contributed by atoms with Gasteiger partial charge < -0.3 is 72.0 Å². The van der Waals surface area contributed by atoms with Crippen molar-refractivity contribution < 1.29 is 65.1 Å². The van der Waals surface area contributed by atoms with Gasteiger partial charge in [-0.3, -0.25) is 14.4 Å². The van der Waals surface area contributed by atoms with Gasteiger partial charge in [-0.15, -0.1) is 5.92 Å². The van der Waals surface area contributed by atoms with Crippen molar-refractivity contribution in [2.45, 2.75) is 196 Å². The van der Waals surface area contributed by atoms with Crippen molar-refractivity contribution in [1.82, 2.24) is 15.6 Å². The van der Waals surface area contributed by atoms with E-state index in [1.54, 1.807) is 31.2 Å². The number of hydrogen-bond acceptors (Lipinski definition) is 17. The Hall–Kier alpha value is -5.18. The van der Waals surface area contributed by atoms with E-state index in [1.165, 1.54) is 27.2 Å². The Morgan fingerprint density at radius 1 is 0.907 bits per heavy atom. The molecule has 14 rings (SSSR count). The van der Waals surface area contributed by atoms with Crippen LogP contribution in [0.15, 0.2) is 101 Å². The summed E-state index contributed by atoms with van der Waals surface area (Å²) in [6, 6.07) is 17.0. The maximum absolute atomic E-state index is 16.8. The number of cyclic esters (lactones) is 1. The minimum atomic E-state index is -2.15. The Labute approximate surface area is 577 Å². The number of guanidine groups is 1. The molecule has 2 aliphatic heterocycles. The van der Waals surface area contributed by atoms with Crippen molar-refractivity contribution >= 4 is 45.1 Å². The first kappa shape index (κ1) is 68.9. The number of aliphatic hydroxyl groups is 8. The minimum absolute atomic E-state index is 0.0104. The lowest BCUT2D eigenvalue weighted by Crippen LogP contribution is -2.73. The lowest BCUT2D eigenvalue weighted by atomic mass is 9.37. The molecule has 2 aromatic carbocycles. The highest BCUT2D eigenvalue weighted by atomic mass is 33.1. The number of aliphatic imine (C=N–C) groups is 1. The zero-order valence-corrected chi connectivity index (χ0v) is 58.0. The standard InChI is InChI=1S/C77H101N5O13S2/c1-5-59-60(61(70(91)95-59)48-24-27-79-36-48)45-12-9-13-47-32-77(94)64-62(72(3)34-58(86)66(87)53-40-97-96-39-49(43-17-21-51(84)22-18-43)29-57(85)56(38-83)82-65(64)67(88)63(53)72)46-16-20-50(37-81-71(78)80-35-42-10-7-6-8-11-42)76(77,31-46)68(47)73(4,92)75(93)26-25-74(30-45)54(52(33-75)69(89)90)23-19-44-15-14-41(2)28-55(44)74/h6-8,10-11,17-19,21-22,24,27,36,41,45-47,49-50,52-56,58-63,66,68-69,79,82-84,86-87,89-90,92-94H,5,13-16,20,23,25-26,28-35,37-40H2,1-4H3,(H3,78,80,81)/t41-,45-,46-,47+,49-,50+,52+,53-,54-,55-,56+,58-,59-,60+,61-,62-,63-,66+,68+,72+,73+,74+,75+,76-,77+/m0/s1. The quantitative estimate of drug-likeness (QED) is 0.0174. The summed E-state index contributed by atoms with van der Waals surface area (Å²) in [6.07, 6.45) is 6.73. The fourth-order valence-electron chi connectivity index (χ4n) is 23.4. The second-order valence-corrected chi connectivity index (χ2v) is 34.8. The molecule has 1 aromatic heterocycles. The number of phenols is 1. The number of nitrogens with zero attached hydrogens (tertiary/aromatic N) is 1. The molecule has 2 spiro atoms. The van der Waals surface area contributed by atoms with Gasteiger partial charge in [0.25, 0.3) is 0 Å². The van der Waals surface area contributed by atoms with Crippen molar-refractivity contribution in [3.8, 4) is 17.6 Å². The average Bonchev–Trinajstić information content (AvgIpc) is 1.59. The van der Waals surface area contributed by atoms with Crippen molar-refractivity contribution in [2.24, 2.45) is 104 Å². The molecular formula is C77H101N5O13S2. The third-order valence-electron chi connectivity index (χ3n) is 27.6. The molecule has 6 saturated carbocycles. The zero-order valence-electron chi connectivity index (χ0n) is 56.4. The molecule has 524 valence electrons. The number of aliphatic hydroxyl groups excluding tert-OH is 4. The number of hydrogen-bond donors (Lipinski definition) is 13. The molecule has 14 N–H and O–H groups in total. The molecule has 3 heterocycles. The first-order valence-corrected chi connectivity index (χ1v) is 38.6. The van der Waals surface area contributed by atoms with E-state index in [1.807, 2.05) is 62.6 Å². The number of allylic oxidation sites excluding steroid dienone is 3. The number of Topliss-reactive ketones (excluding diaryl/α,β-unsaturated/α-hetero) is 2. The number of carbonyl (C=O) groups excluding carboxylic acids is 3. The molecule has 2 saturated heterocycles. The van der Waals surface area contributed by atoms with Gasteiger partial charge >= 0.3 is 5.97 Å². The summed E-state index contributed by atoms with van der Waals surface area (Å²) >= 11 is 0. The predicted molar refractivity (Wildman–Crippen MR) is 370 cm³/mol. The van der Waals surface area contributed by atoms with Gasteiger partial charge in [0.05, 0.1) is 53.8 Å². The highest BCUT2D eigenvalue weighted by molar-refractivity contribution is 8.76. The van der Waals surface area contributed by atoms with Crippen LogP contribution in [-0.2, 0) is 25.7 Å². The Balaban J connectivity index is 0.992. The van der Waals surface area contributed by atoms with Crippen LogP contribution in [-0.4, -0.2) is 147 Å². The van der Waals surface area contributed by atoms with Crippen molar-refractivity contribution in [3.63, 3.8) is 0 Å². The number of nitrogens with two attached hydrogens (primary N) is 1. The van der Waals surface area contributed by atoms with E-state index >= 15 is 14.7 Å². The van der Waals surface area contributed by atoms with Crippen LogP contribution in [0.3, 0.4) is 0 Å². The number of ketones is 2. The molecule has 18 nitrogen and oxygen atoms in total. The van der Waals surface area contributed by atoms with Crippen molar-refractivity contribution in [2.75, 3.05) is 24.7 Å². The number of aromatic hydroxyl groups is 1. The molecule has 97 heavy (non-hydrogen) atoms. The summed E-state index contributed by atoms with van der Waals surface area (Å²) in [5.74, 6) is -0.695. The molecule has 8 fully saturated rings. The van der Waals surface area contributed by atoms with Crippen LogP contribution in [0.25, 0.3) is 0 Å². The maximum atomic E-state index is 16.8. The topological polar surface area (TPSA) is 321 Å². The van der Waals surface area contributed by atoms with Crippen LogP contribution in [0.1, 0.15) is 159 Å². The second-order valence-electron chi connectivity index (χ2n) is 32.3. The molecule has 0 amide bonds. The summed E-state index contributed by atoms with van der Waals surface area (Å²) in [7, 11) is 2.98. The van der Waals surface area contributed by atoms with E-state index in [9.17, 15) is 45.6 Å². The SMILES string of the molecule is CC[C@@H]1OC(=O)[C@@H](c2cc[nH]c2)[C@@H]1[C@H]1C#CC[C@@H]2C[C@@]3(O)C4=C5N[C@H](CO)C(=O)C[C@H](c6ccc(O)cc6)CSSC[C@@H]6[C@@H](O)[C@@H](O)C[C@](C)([C@H]4[C@H]4CC[C@H](CNC(N)=NCc7ccccc7)[C@@]3(C4)[C@H]2[C@@](C)(O)[C@@]2(O)CC[C@]3(C1)[C@H]1C[C@@H](C)CCC1=CC[C@H]3[C@H](C(O)O)C2)[C@@H]6C5=O. The number of rotatable bonds is 10. The van der Waals surface area contributed by atoms with E-state index in [2.05, 4.69) is 40.5 Å². The zero-order chi connectivity index (χ0) is 68.3. The van der Waals surface area contributed by atoms with Crippen LogP contribution < -0.4 is 16.4 Å². The Morgan fingerprint density at radius 3 is 2.41 bits per heavy atom. The van der Waals surface area contributed by atoms with Crippen LogP contribution >= 0.6 is 21.6 Å². The largest absolute Gasteiger partial charge is 0.508 e. The number of ether oxygens (including phenoxy) is 1. The predicted octanol–water partition coefficient (Wildman–Crippen LogP) is 7.92. The van der Waals surface area contributed by atoms with E-state index in [0.29, 0.717) is 55.8 Å². The lowest BCUT2D eigenvalue weighted by Gasteiger charge is -2.69. The number of carbonyl (C=O) groups is 3. The summed E-state index contributed by atoms with van der Waals surface area (Å²) in [5.41, 5.74) is 1.51. The minimum Gasteiger partial charge on any atom is -0.508 e. The van der Waals surface area contributed by atoms with Crippen molar-refractivity contribution in [3.05, 3.63) is 113 Å². The Morgan fingerprint density at radius 2 is 1.68 bits per heavy atom. The normalized spacial score (nSPS) is 44.3. The molecule has 9 aliphatic carbocycles. The van der Waals surface area contributed by atoms with Gasteiger partial charge in [-0.1, -0.05) is 102 Å². The maximum Gasteiger partial charge on any atom is 0.314 e. The number of aromatic nitrogens is 1. The first-order chi connectivity index (χ1) is 46.4. The van der Waals surface area contributed by atoms with Crippen LogP contribution in [0.4, 0.5) is 0 Å². The van der Waals surface area contributed by atoms with Crippen LogP contribution in [0.5, 0.6) is 5.75 Å². The number of phenolic OH excluding ortho intramolecular Hbond substituents is 1. The molecule has 20 heteroatoms. The van der Waals surface area contributed by atoms with Crippen LogP contribution in [0, 0.1) is 105 Å². The molecule has 0 radical (unpaired) electrons. The third-order valence-corrected chi connectivity index (χ3v) is 30.1. The smallest absolute Gasteiger partial charge is 0.314 e. The average molecular weight is 1370 g/mol. The van der Waals surface area contributed by atoms with Crippen molar-refractivity contribution in [1.29, 1.82) is 0 Å². The highest BCUT2D eigenvalue weighted by Crippen LogP contribution is 2.78. The summed E-state index contributed by atoms with van der Waals surface area (Å²) < 4.78 is 6.42. The number of esters is 1. The van der Waals surface area contributed by atoms with Gasteiger partial charge in [-0.25, -0.2) is 4.99 Å². The van der Waals surface area contributed by atoms with Gasteiger partial charge in [0.15, 0.2) is 23.8 Å². The summed E-state index contributed by atoms with van der Waals surface area (Å²) in [6.45, 7) is 7.75. The molecule has 6 bridgehead atoms. The highest BCUT2D eigenvalue weighted by Gasteiger charge is 2.80. The van der Waals surface area contributed by atoms with Gasteiger partial charge in [0, 0.05) is 90.1 Å². The lowest BCUT2D eigenvalue weighted by molar-refractivity contribution is -0.256. The number of aromatic amines is 1. The Kier molecular flexibility index (Phi) is 18.7. The fraction of sp³-hybridized carbons (Fsp3) is 0.662. The summed E-state index contributed by atoms with van der Waals surface area (Å²) in [5, 5.41) is 123. The van der Waals surface area contributed by atoms with Gasteiger partial charge in [0.2, 0.25) is 0 Å². The first-order valence-electron chi connectivity index (χ1n) is 36.1. The van der Waals surface area contributed by atoms with Crippen LogP contribution in [0.2, 0.25) is 0 Å². The molecule has 3 aromatic rings. The van der Waals surface area contributed by atoms with E-state index < -0.39 is 147 Å².